The third-order valence-electron chi connectivity index (χ3n) is 2.47. The Bertz CT molecular complexity index is 530. The molecular formula is C10H9FN4O3. The maximum atomic E-state index is 13.5. The normalized spacial score (nSPS) is 18.4. The van der Waals surface area contributed by atoms with Crippen molar-refractivity contribution in [2.24, 2.45) is 5.11 Å². The number of amides is 1. The zero-order valence-corrected chi connectivity index (χ0v) is 9.15. The number of benzene rings is 1. The molecule has 1 atom stereocenters. The molecule has 94 valence electrons. The van der Waals surface area contributed by atoms with E-state index >= 15 is 0 Å². The van der Waals surface area contributed by atoms with Crippen LogP contribution < -0.4 is 4.90 Å². The van der Waals surface area contributed by atoms with Crippen molar-refractivity contribution in [1.29, 1.82) is 0 Å². The smallest absolute Gasteiger partial charge is 0.414 e. The standard InChI is InChI=1S/C10H9FN4O3/c11-8-3-6(1-2-9(8)13-14-12)15-4-7(5-16)18-10(15)17/h1-3,7,16H,4-5H2/t7-/m0/s1. The van der Waals surface area contributed by atoms with Crippen LogP contribution in [0.4, 0.5) is 20.6 Å². The number of ether oxygens (including phenoxy) is 1. The highest BCUT2D eigenvalue weighted by molar-refractivity contribution is 5.89. The number of hydrogen-bond donors (Lipinski definition) is 1. The van der Waals surface area contributed by atoms with Gasteiger partial charge in [0.15, 0.2) is 0 Å². The Labute approximate surface area is 101 Å². The average Bonchev–Trinajstić information content (AvgIpc) is 2.73. The van der Waals surface area contributed by atoms with Gasteiger partial charge in [-0.2, -0.15) is 0 Å². The molecule has 1 aromatic carbocycles. The van der Waals surface area contributed by atoms with Gasteiger partial charge < -0.3 is 9.84 Å². The van der Waals surface area contributed by atoms with Crippen molar-refractivity contribution >= 4 is 17.5 Å². The predicted octanol–water partition coefficient (Wildman–Crippen LogP) is 2.08. The summed E-state index contributed by atoms with van der Waals surface area (Å²) in [7, 11) is 0. The molecule has 0 saturated carbocycles. The van der Waals surface area contributed by atoms with Crippen molar-refractivity contribution < 1.29 is 19.0 Å². The largest absolute Gasteiger partial charge is 0.441 e. The van der Waals surface area contributed by atoms with E-state index in [2.05, 4.69) is 10.0 Å². The number of carbonyl (C=O) groups excluding carboxylic acids is 1. The summed E-state index contributed by atoms with van der Waals surface area (Å²) in [5, 5.41) is 12.0. The number of aliphatic hydroxyl groups is 1. The summed E-state index contributed by atoms with van der Waals surface area (Å²) in [4.78, 5) is 15.1. The van der Waals surface area contributed by atoms with E-state index in [1.165, 1.54) is 17.0 Å². The molecule has 1 aliphatic rings. The number of anilines is 1. The van der Waals surface area contributed by atoms with Gasteiger partial charge in [-0.15, -0.1) is 0 Å². The molecule has 0 aliphatic carbocycles. The first-order valence-corrected chi connectivity index (χ1v) is 5.09. The number of cyclic esters (lactones) is 1. The second-order valence-corrected chi connectivity index (χ2v) is 3.62. The summed E-state index contributed by atoms with van der Waals surface area (Å²) in [5.41, 5.74) is 8.35. The van der Waals surface area contributed by atoms with E-state index in [-0.39, 0.29) is 24.5 Å². The maximum absolute atomic E-state index is 13.5. The van der Waals surface area contributed by atoms with Crippen molar-refractivity contribution in [3.8, 4) is 0 Å². The minimum atomic E-state index is -0.731. The second kappa shape index (κ2) is 4.91. The molecule has 0 aromatic heterocycles. The Morgan fingerprint density at radius 2 is 2.44 bits per heavy atom. The molecule has 1 aliphatic heterocycles. The molecule has 0 unspecified atom stereocenters. The summed E-state index contributed by atoms with van der Waals surface area (Å²) >= 11 is 0. The fourth-order valence-corrected chi connectivity index (χ4v) is 1.62. The van der Waals surface area contributed by atoms with E-state index in [4.69, 9.17) is 15.4 Å². The quantitative estimate of drug-likeness (QED) is 0.506. The van der Waals surface area contributed by atoms with Gasteiger partial charge in [-0.05, 0) is 23.7 Å². The van der Waals surface area contributed by atoms with Crippen molar-refractivity contribution in [3.05, 3.63) is 34.5 Å². The van der Waals surface area contributed by atoms with Crippen molar-refractivity contribution in [2.45, 2.75) is 6.10 Å². The fourth-order valence-electron chi connectivity index (χ4n) is 1.62. The van der Waals surface area contributed by atoms with E-state index in [0.717, 1.165) is 6.07 Å². The highest BCUT2D eigenvalue weighted by Gasteiger charge is 2.32. The average molecular weight is 252 g/mol. The topological polar surface area (TPSA) is 98.5 Å². The molecule has 1 N–H and O–H groups in total. The summed E-state index contributed by atoms with van der Waals surface area (Å²) in [5.74, 6) is -0.731. The van der Waals surface area contributed by atoms with E-state index in [0.29, 0.717) is 0 Å². The molecule has 1 fully saturated rings. The third kappa shape index (κ3) is 2.20. The van der Waals surface area contributed by atoms with E-state index in [1.54, 1.807) is 0 Å². The Hall–Kier alpha value is -2.31. The van der Waals surface area contributed by atoms with E-state index in [1.807, 2.05) is 0 Å². The van der Waals surface area contributed by atoms with Crippen LogP contribution in [0.25, 0.3) is 10.4 Å². The second-order valence-electron chi connectivity index (χ2n) is 3.62. The van der Waals surface area contributed by atoms with Crippen LogP contribution in [0.1, 0.15) is 0 Å². The lowest BCUT2D eigenvalue weighted by atomic mass is 10.2. The van der Waals surface area contributed by atoms with Crippen LogP contribution in [0.3, 0.4) is 0 Å². The molecule has 0 bridgehead atoms. The molecule has 1 saturated heterocycles. The van der Waals surface area contributed by atoms with Crippen molar-refractivity contribution in [1.82, 2.24) is 0 Å². The van der Waals surface area contributed by atoms with Gasteiger partial charge in [-0.25, -0.2) is 9.18 Å². The number of halogens is 1. The minimum absolute atomic E-state index is 0.146. The minimum Gasteiger partial charge on any atom is -0.441 e. The lowest BCUT2D eigenvalue weighted by Crippen LogP contribution is -2.25. The number of carbonyl (C=O) groups is 1. The maximum Gasteiger partial charge on any atom is 0.414 e. The van der Waals surface area contributed by atoms with Crippen LogP contribution >= 0.6 is 0 Å². The number of rotatable bonds is 3. The Morgan fingerprint density at radius 1 is 1.67 bits per heavy atom. The van der Waals surface area contributed by atoms with Gasteiger partial charge in [0.1, 0.15) is 11.9 Å². The molecule has 1 aromatic rings. The number of aliphatic hydroxyl groups excluding tert-OH is 1. The molecule has 1 heterocycles. The third-order valence-corrected chi connectivity index (χ3v) is 2.47. The molecule has 0 spiro atoms. The molecule has 2 rings (SSSR count). The van der Waals surface area contributed by atoms with Gasteiger partial charge in [0.05, 0.1) is 24.5 Å². The van der Waals surface area contributed by atoms with Crippen molar-refractivity contribution in [3.63, 3.8) is 0 Å². The summed E-state index contributed by atoms with van der Waals surface area (Å²) < 4.78 is 18.3. The highest BCUT2D eigenvalue weighted by atomic mass is 19.1. The lowest BCUT2D eigenvalue weighted by molar-refractivity contribution is 0.0963. The molecule has 7 nitrogen and oxygen atoms in total. The van der Waals surface area contributed by atoms with Crippen LogP contribution in [0.15, 0.2) is 23.3 Å². The number of nitrogens with zero attached hydrogens (tertiary/aromatic N) is 4. The highest BCUT2D eigenvalue weighted by Crippen LogP contribution is 2.27. The lowest BCUT2D eigenvalue weighted by Gasteiger charge is -2.13. The zero-order valence-electron chi connectivity index (χ0n) is 9.15. The predicted molar refractivity (Wildman–Crippen MR) is 59.9 cm³/mol. The van der Waals surface area contributed by atoms with Gasteiger partial charge >= 0.3 is 6.09 Å². The first-order chi connectivity index (χ1) is 8.65. The van der Waals surface area contributed by atoms with E-state index in [9.17, 15) is 9.18 Å². The van der Waals surface area contributed by atoms with Gasteiger partial charge in [0, 0.05) is 4.91 Å². The Kier molecular flexibility index (Phi) is 3.31. The first-order valence-electron chi connectivity index (χ1n) is 5.09. The number of azide groups is 1. The zero-order chi connectivity index (χ0) is 13.1. The van der Waals surface area contributed by atoms with Crippen LogP contribution in [0, 0.1) is 5.82 Å². The van der Waals surface area contributed by atoms with Crippen LogP contribution in [0.2, 0.25) is 0 Å². The fraction of sp³-hybridized carbons (Fsp3) is 0.300. The monoisotopic (exact) mass is 252 g/mol. The molecule has 1 amide bonds. The summed E-state index contributed by atoms with van der Waals surface area (Å²) in [6.45, 7) is -0.142. The molecular weight excluding hydrogens is 243 g/mol. The van der Waals surface area contributed by atoms with Gasteiger partial charge in [0.25, 0.3) is 0 Å². The number of hydrogen-bond acceptors (Lipinski definition) is 4. The summed E-state index contributed by atoms with van der Waals surface area (Å²) in [6.07, 6.45) is -1.26. The molecule has 0 radical (unpaired) electrons. The Morgan fingerprint density at radius 3 is 3.00 bits per heavy atom. The van der Waals surface area contributed by atoms with Gasteiger partial charge in [-0.3, -0.25) is 4.90 Å². The van der Waals surface area contributed by atoms with Crippen LogP contribution in [0.5, 0.6) is 0 Å². The molecule has 18 heavy (non-hydrogen) atoms. The molecule has 8 heteroatoms. The van der Waals surface area contributed by atoms with Crippen LogP contribution in [-0.2, 0) is 4.74 Å². The SMILES string of the molecule is [N-]=[N+]=Nc1ccc(N2C[C@@H](CO)OC2=O)cc1F. The van der Waals surface area contributed by atoms with Crippen LogP contribution in [-0.4, -0.2) is 30.5 Å². The summed E-state index contributed by atoms with van der Waals surface area (Å²) in [6, 6.07) is 3.78. The van der Waals surface area contributed by atoms with Gasteiger partial charge in [0.2, 0.25) is 0 Å². The first kappa shape index (κ1) is 12.2. The Balaban J connectivity index is 2.27. The van der Waals surface area contributed by atoms with E-state index < -0.39 is 18.0 Å². The van der Waals surface area contributed by atoms with Gasteiger partial charge in [-0.1, -0.05) is 5.11 Å². The van der Waals surface area contributed by atoms with Crippen molar-refractivity contribution in [2.75, 3.05) is 18.1 Å².